The van der Waals surface area contributed by atoms with Gasteiger partial charge < -0.3 is 14.3 Å². The molecule has 1 saturated heterocycles. The summed E-state index contributed by atoms with van der Waals surface area (Å²) in [5.41, 5.74) is 0.679. The Kier molecular flexibility index (Phi) is 6.18. The number of furan rings is 1. The highest BCUT2D eigenvalue weighted by atomic mass is 35.5. The van der Waals surface area contributed by atoms with E-state index in [-0.39, 0.29) is 11.8 Å². The minimum absolute atomic E-state index is 0.00679. The fraction of sp³-hybridized carbons (Fsp3) is 0.350. The number of hydrogen-bond donors (Lipinski definition) is 1. The zero-order valence-corrected chi connectivity index (χ0v) is 17.1. The zero-order valence-electron chi connectivity index (χ0n) is 15.6. The summed E-state index contributed by atoms with van der Waals surface area (Å²) in [5, 5.41) is 7.99. The van der Waals surface area contributed by atoms with Gasteiger partial charge in [-0.1, -0.05) is 28.4 Å². The van der Waals surface area contributed by atoms with Crippen LogP contribution in [-0.2, 0) is 17.9 Å². The molecule has 1 N–H and O–H groups in total. The number of nitrogens with one attached hydrogen (secondary N) is 1. The van der Waals surface area contributed by atoms with Gasteiger partial charge in [-0.25, -0.2) is 0 Å². The van der Waals surface area contributed by atoms with Gasteiger partial charge in [0.2, 0.25) is 17.6 Å². The summed E-state index contributed by atoms with van der Waals surface area (Å²) >= 11 is 12.1. The van der Waals surface area contributed by atoms with Crippen molar-refractivity contribution in [2.45, 2.75) is 25.9 Å². The zero-order chi connectivity index (χ0) is 20.2. The monoisotopic (exact) mass is 434 g/mol. The molecular formula is C20H20Cl2N4O3. The van der Waals surface area contributed by atoms with E-state index in [0.29, 0.717) is 40.4 Å². The van der Waals surface area contributed by atoms with Gasteiger partial charge in [0.05, 0.1) is 24.4 Å². The quantitative estimate of drug-likeness (QED) is 0.626. The van der Waals surface area contributed by atoms with Crippen LogP contribution in [0.25, 0.3) is 11.4 Å². The third-order valence-corrected chi connectivity index (χ3v) is 5.52. The highest BCUT2D eigenvalue weighted by Gasteiger charge is 2.26. The normalized spacial score (nSPS) is 15.5. The van der Waals surface area contributed by atoms with Gasteiger partial charge in [0, 0.05) is 16.5 Å². The Morgan fingerprint density at radius 2 is 2.07 bits per heavy atom. The van der Waals surface area contributed by atoms with Crippen LogP contribution in [0, 0.1) is 5.92 Å². The highest BCUT2D eigenvalue weighted by Crippen LogP contribution is 2.28. The molecule has 29 heavy (non-hydrogen) atoms. The molecule has 0 spiro atoms. The highest BCUT2D eigenvalue weighted by molar-refractivity contribution is 6.36. The predicted molar refractivity (Wildman–Crippen MR) is 108 cm³/mol. The number of rotatable bonds is 6. The number of carbonyl (C=O) groups excluding carboxylic acids is 1. The molecule has 0 atom stereocenters. The molecule has 9 heteroatoms. The summed E-state index contributed by atoms with van der Waals surface area (Å²) in [5.74, 6) is 1.79. The van der Waals surface area contributed by atoms with Crippen molar-refractivity contribution in [2.24, 2.45) is 5.92 Å². The molecule has 3 aromatic rings. The van der Waals surface area contributed by atoms with Crippen LogP contribution >= 0.6 is 23.2 Å². The third-order valence-electron chi connectivity index (χ3n) is 4.97. The molecule has 7 nitrogen and oxygen atoms in total. The second kappa shape index (κ2) is 8.98. The second-order valence-electron chi connectivity index (χ2n) is 6.98. The maximum absolute atomic E-state index is 12.3. The molecule has 1 aliphatic rings. The third kappa shape index (κ3) is 4.98. The van der Waals surface area contributed by atoms with Gasteiger partial charge in [-0.05, 0) is 56.3 Å². The average Bonchev–Trinajstić information content (AvgIpc) is 3.39. The number of nitrogens with zero attached hydrogens (tertiary/aromatic N) is 3. The van der Waals surface area contributed by atoms with Crippen LogP contribution in [0.15, 0.2) is 45.5 Å². The van der Waals surface area contributed by atoms with E-state index in [0.717, 1.165) is 31.7 Å². The van der Waals surface area contributed by atoms with Gasteiger partial charge in [0.1, 0.15) is 5.76 Å². The Morgan fingerprint density at radius 3 is 2.79 bits per heavy atom. The number of carbonyl (C=O) groups is 1. The van der Waals surface area contributed by atoms with Crippen LogP contribution in [0.5, 0.6) is 0 Å². The molecule has 1 aromatic carbocycles. The van der Waals surface area contributed by atoms with E-state index >= 15 is 0 Å². The Labute approximate surface area is 178 Å². The number of likely N-dealkylation sites (tertiary alicyclic amines) is 1. The number of amides is 1. The van der Waals surface area contributed by atoms with E-state index < -0.39 is 0 Å². The summed E-state index contributed by atoms with van der Waals surface area (Å²) in [4.78, 5) is 19.0. The first-order valence-electron chi connectivity index (χ1n) is 9.39. The van der Waals surface area contributed by atoms with Gasteiger partial charge >= 0.3 is 0 Å². The summed E-state index contributed by atoms with van der Waals surface area (Å²) in [6, 6.07) is 8.81. The molecule has 2 aromatic heterocycles. The van der Waals surface area contributed by atoms with E-state index in [1.165, 1.54) is 0 Å². The first kappa shape index (κ1) is 19.9. The van der Waals surface area contributed by atoms with Crippen LogP contribution in [-0.4, -0.2) is 34.0 Å². The van der Waals surface area contributed by atoms with E-state index in [9.17, 15) is 4.79 Å². The van der Waals surface area contributed by atoms with Crippen LogP contribution in [0.4, 0.5) is 0 Å². The molecule has 152 valence electrons. The summed E-state index contributed by atoms with van der Waals surface area (Å²) in [7, 11) is 0. The summed E-state index contributed by atoms with van der Waals surface area (Å²) < 4.78 is 10.6. The van der Waals surface area contributed by atoms with Gasteiger partial charge in [-0.15, -0.1) is 0 Å². The van der Waals surface area contributed by atoms with Crippen molar-refractivity contribution in [3.63, 3.8) is 0 Å². The summed E-state index contributed by atoms with van der Waals surface area (Å²) in [6.07, 6.45) is 3.17. The van der Waals surface area contributed by atoms with Gasteiger partial charge in [-0.2, -0.15) is 4.98 Å². The lowest BCUT2D eigenvalue weighted by atomic mass is 9.96. The molecule has 1 amide bonds. The Balaban J connectivity index is 1.27. The van der Waals surface area contributed by atoms with Crippen molar-refractivity contribution < 1.29 is 13.7 Å². The molecule has 0 aliphatic carbocycles. The van der Waals surface area contributed by atoms with Crippen LogP contribution in [0.3, 0.4) is 0 Å². The van der Waals surface area contributed by atoms with E-state index in [1.807, 2.05) is 12.1 Å². The first-order valence-corrected chi connectivity index (χ1v) is 10.1. The number of hydrogen-bond acceptors (Lipinski definition) is 6. The van der Waals surface area contributed by atoms with Crippen LogP contribution < -0.4 is 5.32 Å². The number of halogens is 2. The molecule has 1 aliphatic heterocycles. The van der Waals surface area contributed by atoms with E-state index in [1.54, 1.807) is 24.5 Å². The predicted octanol–water partition coefficient (Wildman–Crippen LogP) is 4.16. The number of aromatic nitrogens is 2. The minimum Gasteiger partial charge on any atom is -0.467 e. The molecule has 4 rings (SSSR count). The van der Waals surface area contributed by atoms with E-state index in [4.69, 9.17) is 32.1 Å². The number of benzene rings is 1. The topological polar surface area (TPSA) is 84.4 Å². The van der Waals surface area contributed by atoms with Crippen LogP contribution in [0.2, 0.25) is 10.0 Å². The van der Waals surface area contributed by atoms with E-state index in [2.05, 4.69) is 20.4 Å². The lowest BCUT2D eigenvalue weighted by molar-refractivity contribution is -0.126. The van der Waals surface area contributed by atoms with Gasteiger partial charge in [-0.3, -0.25) is 9.69 Å². The molecule has 0 radical (unpaired) electrons. The molecule has 0 saturated carbocycles. The largest absolute Gasteiger partial charge is 0.467 e. The summed E-state index contributed by atoms with van der Waals surface area (Å²) in [6.45, 7) is 2.54. The maximum Gasteiger partial charge on any atom is 0.241 e. The molecule has 0 unspecified atom stereocenters. The van der Waals surface area contributed by atoms with Gasteiger partial charge in [0.15, 0.2) is 0 Å². The Bertz CT molecular complexity index is 966. The Hall–Kier alpha value is -2.35. The molecule has 1 fully saturated rings. The Morgan fingerprint density at radius 1 is 1.24 bits per heavy atom. The van der Waals surface area contributed by atoms with Gasteiger partial charge in [0.25, 0.3) is 0 Å². The molecule has 3 heterocycles. The smallest absolute Gasteiger partial charge is 0.241 e. The number of piperidine rings is 1. The lowest BCUT2D eigenvalue weighted by Gasteiger charge is -2.30. The van der Waals surface area contributed by atoms with Crippen LogP contribution in [0.1, 0.15) is 24.5 Å². The average molecular weight is 435 g/mol. The van der Waals surface area contributed by atoms with Crippen molar-refractivity contribution in [1.29, 1.82) is 0 Å². The maximum atomic E-state index is 12.3. The fourth-order valence-corrected chi connectivity index (χ4v) is 3.87. The second-order valence-corrected chi connectivity index (χ2v) is 7.83. The SMILES string of the molecule is O=C(NCc1ccco1)C1CCN(Cc2nc(-c3ccc(Cl)cc3Cl)no2)CC1. The van der Waals surface area contributed by atoms with Crippen molar-refractivity contribution in [1.82, 2.24) is 20.4 Å². The first-order chi connectivity index (χ1) is 14.1. The van der Waals surface area contributed by atoms with Crippen molar-refractivity contribution in [3.05, 3.63) is 58.3 Å². The molecular weight excluding hydrogens is 415 g/mol. The van der Waals surface area contributed by atoms with Crippen molar-refractivity contribution in [2.75, 3.05) is 13.1 Å². The fourth-order valence-electron chi connectivity index (χ4n) is 3.38. The standard InChI is InChI=1S/C20H20Cl2N4O3/c21-14-3-4-16(17(22)10-14)19-24-18(29-25-19)12-26-7-5-13(6-8-26)20(27)23-11-15-2-1-9-28-15/h1-4,9-10,13H,5-8,11-12H2,(H,23,27). The van der Waals surface area contributed by atoms with Crippen molar-refractivity contribution >= 4 is 29.1 Å². The van der Waals surface area contributed by atoms with Crippen molar-refractivity contribution in [3.8, 4) is 11.4 Å². The minimum atomic E-state index is 0.00679. The molecule has 0 bridgehead atoms. The lowest BCUT2D eigenvalue weighted by Crippen LogP contribution is -2.40.